The van der Waals surface area contributed by atoms with Crippen LogP contribution in [0.2, 0.25) is 0 Å². The molecule has 0 bridgehead atoms. The van der Waals surface area contributed by atoms with E-state index in [4.69, 9.17) is 15.2 Å². The Morgan fingerprint density at radius 1 is 1.20 bits per heavy atom. The molecule has 7 heteroatoms. The van der Waals surface area contributed by atoms with Crippen LogP contribution < -0.4 is 15.8 Å². The average molecular weight is 403 g/mol. The molecule has 0 aliphatic carbocycles. The van der Waals surface area contributed by atoms with E-state index in [0.29, 0.717) is 23.0 Å². The van der Waals surface area contributed by atoms with Gasteiger partial charge in [-0.3, -0.25) is 0 Å². The predicted octanol–water partition coefficient (Wildman–Crippen LogP) is 4.01. The van der Waals surface area contributed by atoms with Crippen LogP contribution in [0.5, 0.6) is 5.75 Å². The highest BCUT2D eigenvalue weighted by molar-refractivity contribution is 6.11. The largest absolute Gasteiger partial charge is 0.494 e. The van der Waals surface area contributed by atoms with Gasteiger partial charge in [0.2, 0.25) is 0 Å². The number of imidazole rings is 1. The van der Waals surface area contributed by atoms with Gasteiger partial charge in [-0.25, -0.2) is 9.98 Å². The first-order valence-electron chi connectivity index (χ1n) is 9.31. The fraction of sp³-hybridized carbons (Fsp3) is 0.130. The molecule has 154 valence electrons. The Morgan fingerprint density at radius 3 is 2.57 bits per heavy atom. The standard InChI is InChI=1S/C23H25N5O2/c1-16-14-28(15-25-16)20-11-10-19(12-21(20)29-3)26-17(2)27-23(22(13-24)30-4)18-8-6-5-7-9-18/h5-15,26H,2,24H2,1,3-4H3/b22-13+,27-23?. The first-order valence-corrected chi connectivity index (χ1v) is 9.31. The van der Waals surface area contributed by atoms with Gasteiger partial charge in [0.25, 0.3) is 0 Å². The smallest absolute Gasteiger partial charge is 0.160 e. The zero-order valence-corrected chi connectivity index (χ0v) is 17.3. The number of methoxy groups -OCH3 is 2. The third-order valence-corrected chi connectivity index (χ3v) is 4.36. The minimum absolute atomic E-state index is 0.429. The van der Waals surface area contributed by atoms with Crippen molar-refractivity contribution in [2.75, 3.05) is 19.5 Å². The van der Waals surface area contributed by atoms with Crippen molar-refractivity contribution >= 4 is 11.4 Å². The second-order valence-corrected chi connectivity index (χ2v) is 6.44. The number of rotatable bonds is 8. The van der Waals surface area contributed by atoms with Crippen LogP contribution in [0.15, 0.2) is 90.4 Å². The van der Waals surface area contributed by atoms with E-state index in [2.05, 4.69) is 21.9 Å². The maximum absolute atomic E-state index is 5.72. The lowest BCUT2D eigenvalue weighted by molar-refractivity contribution is 0.314. The van der Waals surface area contributed by atoms with Crippen LogP contribution in [0.4, 0.5) is 5.69 Å². The molecular formula is C23H25N5O2. The van der Waals surface area contributed by atoms with E-state index in [1.54, 1.807) is 20.5 Å². The van der Waals surface area contributed by atoms with Crippen molar-refractivity contribution in [3.8, 4) is 11.4 Å². The number of aliphatic imine (C=N–C) groups is 1. The predicted molar refractivity (Wildman–Crippen MR) is 120 cm³/mol. The van der Waals surface area contributed by atoms with Gasteiger partial charge >= 0.3 is 0 Å². The number of aromatic nitrogens is 2. The summed E-state index contributed by atoms with van der Waals surface area (Å²) in [6, 6.07) is 15.4. The Kier molecular flexibility index (Phi) is 6.54. The van der Waals surface area contributed by atoms with E-state index < -0.39 is 0 Å². The van der Waals surface area contributed by atoms with Crippen LogP contribution in [0.1, 0.15) is 11.3 Å². The lowest BCUT2D eigenvalue weighted by Gasteiger charge is -2.14. The van der Waals surface area contributed by atoms with Gasteiger partial charge in [0.05, 0.1) is 31.9 Å². The lowest BCUT2D eigenvalue weighted by Crippen LogP contribution is -2.11. The molecule has 0 spiro atoms. The topological polar surface area (TPSA) is 86.7 Å². The molecule has 0 saturated carbocycles. The fourth-order valence-corrected chi connectivity index (χ4v) is 2.95. The van der Waals surface area contributed by atoms with Crippen LogP contribution >= 0.6 is 0 Å². The molecular weight excluding hydrogens is 378 g/mol. The van der Waals surface area contributed by atoms with Gasteiger partial charge < -0.3 is 25.1 Å². The maximum Gasteiger partial charge on any atom is 0.160 e. The molecule has 0 atom stereocenters. The Labute approximate surface area is 176 Å². The van der Waals surface area contributed by atoms with Gasteiger partial charge in [0, 0.05) is 29.7 Å². The zero-order chi connectivity index (χ0) is 21.5. The summed E-state index contributed by atoms with van der Waals surface area (Å²) < 4.78 is 12.8. The number of hydrogen-bond acceptors (Lipinski definition) is 6. The first kappa shape index (κ1) is 20.7. The van der Waals surface area contributed by atoms with Crippen LogP contribution in [-0.2, 0) is 4.74 Å². The van der Waals surface area contributed by atoms with Crippen molar-refractivity contribution in [1.29, 1.82) is 0 Å². The van der Waals surface area contributed by atoms with Crippen LogP contribution in [-0.4, -0.2) is 29.5 Å². The SMILES string of the molecule is C=C(N=C(/C(=C\N)OC)c1ccccc1)Nc1ccc(-n2cnc(C)c2)c(OC)c1. The molecule has 0 fully saturated rings. The van der Waals surface area contributed by atoms with Crippen LogP contribution in [0, 0.1) is 6.92 Å². The number of nitrogens with zero attached hydrogens (tertiary/aromatic N) is 3. The Morgan fingerprint density at radius 2 is 1.97 bits per heavy atom. The third kappa shape index (κ3) is 4.70. The summed E-state index contributed by atoms with van der Waals surface area (Å²) in [6.45, 7) is 5.97. The number of nitrogens with two attached hydrogens (primary N) is 1. The van der Waals surface area contributed by atoms with Crippen molar-refractivity contribution in [3.63, 3.8) is 0 Å². The van der Waals surface area contributed by atoms with E-state index >= 15 is 0 Å². The van der Waals surface area contributed by atoms with Gasteiger partial charge in [-0.1, -0.05) is 36.9 Å². The third-order valence-electron chi connectivity index (χ3n) is 4.36. The summed E-state index contributed by atoms with van der Waals surface area (Å²) in [7, 11) is 3.18. The number of hydrogen-bond donors (Lipinski definition) is 2. The molecule has 2 aromatic carbocycles. The van der Waals surface area contributed by atoms with Crippen molar-refractivity contribution in [2.45, 2.75) is 6.92 Å². The minimum atomic E-state index is 0.429. The summed E-state index contributed by atoms with van der Waals surface area (Å²) in [5, 5.41) is 3.19. The van der Waals surface area contributed by atoms with Gasteiger partial charge in [0.15, 0.2) is 5.76 Å². The number of aryl methyl sites for hydroxylation is 1. The number of benzene rings is 2. The van der Waals surface area contributed by atoms with Gasteiger partial charge in [-0.15, -0.1) is 0 Å². The highest BCUT2D eigenvalue weighted by Crippen LogP contribution is 2.27. The van der Waals surface area contributed by atoms with Crippen molar-refractivity contribution in [3.05, 3.63) is 96.7 Å². The number of allylic oxidation sites excluding steroid dienone is 1. The molecule has 0 unspecified atom stereocenters. The molecule has 30 heavy (non-hydrogen) atoms. The molecule has 0 amide bonds. The normalized spacial score (nSPS) is 11.8. The quantitative estimate of drug-likeness (QED) is 0.438. The van der Waals surface area contributed by atoms with Crippen molar-refractivity contribution in [1.82, 2.24) is 9.55 Å². The van der Waals surface area contributed by atoms with Crippen molar-refractivity contribution < 1.29 is 9.47 Å². The molecule has 1 heterocycles. The minimum Gasteiger partial charge on any atom is -0.494 e. The Hall–Kier alpha value is -4.00. The number of anilines is 1. The molecule has 3 rings (SSSR count). The van der Waals surface area contributed by atoms with E-state index in [1.165, 1.54) is 6.20 Å². The number of ether oxygens (including phenoxy) is 2. The maximum atomic E-state index is 5.72. The summed E-state index contributed by atoms with van der Waals surface area (Å²) in [5.41, 5.74) is 9.76. The Balaban J connectivity index is 1.88. The first-order chi connectivity index (χ1) is 14.5. The van der Waals surface area contributed by atoms with Crippen LogP contribution in [0.25, 0.3) is 5.69 Å². The highest BCUT2D eigenvalue weighted by Gasteiger charge is 2.12. The molecule has 3 N–H and O–H groups in total. The van der Waals surface area contributed by atoms with Gasteiger partial charge in [-0.2, -0.15) is 0 Å². The summed E-state index contributed by atoms with van der Waals surface area (Å²) in [6.07, 6.45) is 5.07. The highest BCUT2D eigenvalue weighted by atomic mass is 16.5. The molecule has 7 nitrogen and oxygen atoms in total. The Bertz CT molecular complexity index is 1080. The average Bonchev–Trinajstić information content (AvgIpc) is 3.20. The van der Waals surface area contributed by atoms with E-state index in [1.807, 2.05) is 66.2 Å². The molecule has 0 aliphatic heterocycles. The fourth-order valence-electron chi connectivity index (χ4n) is 2.95. The lowest BCUT2D eigenvalue weighted by atomic mass is 10.1. The van der Waals surface area contributed by atoms with E-state index in [0.717, 1.165) is 22.6 Å². The van der Waals surface area contributed by atoms with Crippen molar-refractivity contribution in [2.24, 2.45) is 10.7 Å². The second-order valence-electron chi connectivity index (χ2n) is 6.44. The number of nitrogens with one attached hydrogen (secondary N) is 1. The van der Waals surface area contributed by atoms with E-state index in [9.17, 15) is 0 Å². The van der Waals surface area contributed by atoms with E-state index in [-0.39, 0.29) is 0 Å². The van der Waals surface area contributed by atoms with Gasteiger partial charge in [0.1, 0.15) is 17.3 Å². The molecule has 0 radical (unpaired) electrons. The second kappa shape index (κ2) is 9.47. The molecule has 1 aromatic heterocycles. The molecule has 3 aromatic rings. The summed E-state index contributed by atoms with van der Waals surface area (Å²) in [5.74, 6) is 1.57. The molecule has 0 saturated heterocycles. The monoisotopic (exact) mass is 403 g/mol. The molecule has 0 aliphatic rings. The summed E-state index contributed by atoms with van der Waals surface area (Å²) >= 11 is 0. The summed E-state index contributed by atoms with van der Waals surface area (Å²) in [4.78, 5) is 8.87. The van der Waals surface area contributed by atoms with Gasteiger partial charge in [-0.05, 0) is 19.1 Å². The van der Waals surface area contributed by atoms with Crippen LogP contribution in [0.3, 0.4) is 0 Å². The zero-order valence-electron chi connectivity index (χ0n) is 17.3.